The Morgan fingerprint density at radius 2 is 2.19 bits per heavy atom. The summed E-state index contributed by atoms with van der Waals surface area (Å²) < 4.78 is 5.72. The van der Waals surface area contributed by atoms with Crippen LogP contribution in [0.2, 0.25) is 0 Å². The molecule has 1 aliphatic heterocycles. The predicted molar refractivity (Wildman–Crippen MR) is 64.6 cm³/mol. The van der Waals surface area contributed by atoms with Crippen LogP contribution in [0, 0.1) is 5.92 Å². The number of rotatable bonds is 4. The van der Waals surface area contributed by atoms with Crippen LogP contribution in [0.4, 0.5) is 0 Å². The van der Waals surface area contributed by atoms with E-state index in [4.69, 9.17) is 10.6 Å². The number of ether oxygens (including phenoxy) is 1. The van der Waals surface area contributed by atoms with Crippen molar-refractivity contribution in [3.8, 4) is 0 Å². The minimum absolute atomic E-state index is 0.202. The van der Waals surface area contributed by atoms with Gasteiger partial charge in [0.2, 0.25) is 0 Å². The smallest absolute Gasteiger partial charge is 0.0620 e. The van der Waals surface area contributed by atoms with Gasteiger partial charge in [-0.2, -0.15) is 0 Å². The number of hydrogen-bond acceptors (Lipinski definition) is 3. The van der Waals surface area contributed by atoms with Gasteiger partial charge in [-0.1, -0.05) is 37.3 Å². The summed E-state index contributed by atoms with van der Waals surface area (Å²) in [6.07, 6.45) is 2.47. The van der Waals surface area contributed by atoms with Crippen LogP contribution in [0.25, 0.3) is 0 Å². The first-order valence-electron chi connectivity index (χ1n) is 5.99. The lowest BCUT2D eigenvalue weighted by atomic mass is 9.87. The third kappa shape index (κ3) is 2.26. The highest BCUT2D eigenvalue weighted by Crippen LogP contribution is 2.34. The first kappa shape index (κ1) is 11.6. The molecule has 0 aliphatic carbocycles. The molecule has 16 heavy (non-hydrogen) atoms. The molecule has 0 radical (unpaired) electrons. The molecule has 0 aromatic heterocycles. The second kappa shape index (κ2) is 5.43. The van der Waals surface area contributed by atoms with Crippen LogP contribution < -0.4 is 11.3 Å². The fourth-order valence-corrected chi connectivity index (χ4v) is 2.59. The molecule has 3 heteroatoms. The van der Waals surface area contributed by atoms with Gasteiger partial charge in [-0.25, -0.2) is 0 Å². The number of hydrogen-bond donors (Lipinski definition) is 2. The summed E-state index contributed by atoms with van der Waals surface area (Å²) in [6, 6.07) is 10.6. The Bertz CT molecular complexity index is 315. The van der Waals surface area contributed by atoms with Gasteiger partial charge >= 0.3 is 0 Å². The van der Waals surface area contributed by atoms with E-state index >= 15 is 0 Å². The van der Waals surface area contributed by atoms with E-state index in [0.29, 0.717) is 12.0 Å². The van der Waals surface area contributed by atoms with Crippen LogP contribution in [-0.4, -0.2) is 12.7 Å². The second-order valence-electron chi connectivity index (χ2n) is 4.33. The van der Waals surface area contributed by atoms with Gasteiger partial charge in [-0.3, -0.25) is 11.3 Å². The lowest BCUT2D eigenvalue weighted by Crippen LogP contribution is -2.36. The van der Waals surface area contributed by atoms with Crippen molar-refractivity contribution < 1.29 is 4.74 Å². The zero-order valence-corrected chi connectivity index (χ0v) is 9.73. The Morgan fingerprint density at radius 1 is 1.44 bits per heavy atom. The molecule has 2 rings (SSSR count). The van der Waals surface area contributed by atoms with Gasteiger partial charge in [0.15, 0.2) is 0 Å². The number of hydrazine groups is 1. The van der Waals surface area contributed by atoms with Crippen molar-refractivity contribution in [1.29, 1.82) is 0 Å². The van der Waals surface area contributed by atoms with Gasteiger partial charge in [-0.05, 0) is 18.4 Å². The van der Waals surface area contributed by atoms with Crippen molar-refractivity contribution in [2.75, 3.05) is 6.61 Å². The van der Waals surface area contributed by atoms with E-state index in [0.717, 1.165) is 19.4 Å². The van der Waals surface area contributed by atoms with Crippen LogP contribution in [-0.2, 0) is 4.74 Å². The van der Waals surface area contributed by atoms with Crippen LogP contribution >= 0.6 is 0 Å². The standard InChI is InChI=1S/C13H20N2O/c1-2-12-11(8-9-16-12)13(15-14)10-6-4-3-5-7-10/h3-7,11-13,15H,2,8-9,14H2,1H3. The maximum absolute atomic E-state index is 5.72. The summed E-state index contributed by atoms with van der Waals surface area (Å²) in [7, 11) is 0. The predicted octanol–water partition coefficient (Wildman–Crippen LogP) is 2.01. The summed E-state index contributed by atoms with van der Waals surface area (Å²) in [5, 5.41) is 0. The molecule has 3 nitrogen and oxygen atoms in total. The molecule has 3 N–H and O–H groups in total. The topological polar surface area (TPSA) is 47.3 Å². The van der Waals surface area contributed by atoms with E-state index < -0.39 is 0 Å². The van der Waals surface area contributed by atoms with Crippen molar-refractivity contribution in [3.63, 3.8) is 0 Å². The number of nitrogens with two attached hydrogens (primary N) is 1. The normalized spacial score (nSPS) is 26.9. The quantitative estimate of drug-likeness (QED) is 0.602. The van der Waals surface area contributed by atoms with E-state index in [1.165, 1.54) is 5.56 Å². The van der Waals surface area contributed by atoms with Gasteiger partial charge in [0.05, 0.1) is 12.1 Å². The maximum atomic E-state index is 5.72. The monoisotopic (exact) mass is 220 g/mol. The zero-order chi connectivity index (χ0) is 11.4. The van der Waals surface area contributed by atoms with Gasteiger partial charge < -0.3 is 4.74 Å². The molecular formula is C13H20N2O. The second-order valence-corrected chi connectivity index (χ2v) is 4.33. The summed E-state index contributed by atoms with van der Waals surface area (Å²) >= 11 is 0. The van der Waals surface area contributed by atoms with Crippen molar-refractivity contribution in [2.24, 2.45) is 11.8 Å². The Kier molecular flexibility index (Phi) is 3.93. The Morgan fingerprint density at radius 3 is 2.81 bits per heavy atom. The summed E-state index contributed by atoms with van der Waals surface area (Å²) in [5.41, 5.74) is 4.19. The number of benzene rings is 1. The third-order valence-electron chi connectivity index (χ3n) is 3.43. The van der Waals surface area contributed by atoms with Crippen molar-refractivity contribution >= 4 is 0 Å². The molecule has 3 unspecified atom stereocenters. The fraction of sp³-hybridized carbons (Fsp3) is 0.538. The molecule has 1 fully saturated rings. The Balaban J connectivity index is 2.16. The van der Waals surface area contributed by atoms with Crippen LogP contribution in [0.5, 0.6) is 0 Å². The minimum Gasteiger partial charge on any atom is -0.378 e. The molecule has 0 amide bonds. The molecule has 1 aromatic carbocycles. The molecule has 1 heterocycles. The Hall–Kier alpha value is -0.900. The summed E-state index contributed by atoms with van der Waals surface area (Å²) in [4.78, 5) is 0. The van der Waals surface area contributed by atoms with Crippen LogP contribution in [0.3, 0.4) is 0 Å². The molecule has 1 aromatic rings. The van der Waals surface area contributed by atoms with E-state index in [2.05, 4.69) is 36.6 Å². The lowest BCUT2D eigenvalue weighted by Gasteiger charge is -2.26. The number of nitrogens with one attached hydrogen (secondary N) is 1. The fourth-order valence-electron chi connectivity index (χ4n) is 2.59. The molecule has 0 spiro atoms. The highest BCUT2D eigenvalue weighted by molar-refractivity contribution is 5.20. The molecule has 1 aliphatic rings. The Labute approximate surface area is 97.0 Å². The van der Waals surface area contributed by atoms with E-state index in [9.17, 15) is 0 Å². The van der Waals surface area contributed by atoms with Crippen molar-refractivity contribution in [1.82, 2.24) is 5.43 Å². The zero-order valence-electron chi connectivity index (χ0n) is 9.73. The SMILES string of the molecule is CCC1OCCC1C(NN)c1ccccc1. The van der Waals surface area contributed by atoms with Crippen LogP contribution in [0.1, 0.15) is 31.4 Å². The maximum Gasteiger partial charge on any atom is 0.0620 e. The van der Waals surface area contributed by atoms with Crippen LogP contribution in [0.15, 0.2) is 30.3 Å². The largest absolute Gasteiger partial charge is 0.378 e. The minimum atomic E-state index is 0.202. The van der Waals surface area contributed by atoms with Crippen molar-refractivity contribution in [3.05, 3.63) is 35.9 Å². The molecule has 1 saturated heterocycles. The summed E-state index contributed by atoms with van der Waals surface area (Å²) in [5.74, 6) is 6.18. The molecule has 0 saturated carbocycles. The summed E-state index contributed by atoms with van der Waals surface area (Å²) in [6.45, 7) is 3.02. The van der Waals surface area contributed by atoms with Gasteiger partial charge in [0.25, 0.3) is 0 Å². The average molecular weight is 220 g/mol. The van der Waals surface area contributed by atoms with E-state index in [-0.39, 0.29) is 6.04 Å². The molecular weight excluding hydrogens is 200 g/mol. The first-order chi connectivity index (χ1) is 7.86. The third-order valence-corrected chi connectivity index (χ3v) is 3.43. The molecule has 0 bridgehead atoms. The average Bonchev–Trinajstić information content (AvgIpc) is 2.80. The van der Waals surface area contributed by atoms with Gasteiger partial charge in [0.1, 0.15) is 0 Å². The van der Waals surface area contributed by atoms with E-state index in [1.54, 1.807) is 0 Å². The highest BCUT2D eigenvalue weighted by atomic mass is 16.5. The van der Waals surface area contributed by atoms with Gasteiger partial charge in [-0.15, -0.1) is 0 Å². The first-order valence-corrected chi connectivity index (χ1v) is 5.99. The van der Waals surface area contributed by atoms with Gasteiger partial charge in [0, 0.05) is 12.5 Å². The van der Waals surface area contributed by atoms with Crippen molar-refractivity contribution in [2.45, 2.75) is 31.9 Å². The lowest BCUT2D eigenvalue weighted by molar-refractivity contribution is 0.0774. The van der Waals surface area contributed by atoms with E-state index in [1.807, 2.05) is 6.07 Å². The highest BCUT2D eigenvalue weighted by Gasteiger charge is 2.33. The molecule has 3 atom stereocenters. The molecule has 88 valence electrons.